The molecule has 0 spiro atoms. The molecular weight excluding hydrogens is 2550 g/mol. The number of aromatic nitrogens is 8. The molecule has 12 nitrogen and oxygen atoms in total. The normalized spacial score (nSPS) is 11.0. The summed E-state index contributed by atoms with van der Waals surface area (Å²) in [5, 5.41) is 15.0. The van der Waals surface area contributed by atoms with Crippen LogP contribution in [0, 0.1) is 48.5 Å². The molecule has 724 valence electrons. The molecule has 4 radical (unpaired) electrons. The van der Waals surface area contributed by atoms with Crippen LogP contribution in [0.2, 0.25) is 78.6 Å². The number of benzene rings is 12. The van der Waals surface area contributed by atoms with Crippen LogP contribution >= 0.6 is 0 Å². The van der Waals surface area contributed by atoms with Gasteiger partial charge in [-0.3, -0.25) is 0 Å². The molecule has 0 aliphatic rings. The first-order chi connectivity index (χ1) is 68.1. The minimum Gasteiger partial charge on any atom is -0.501 e. The minimum absolute atomic E-state index is 0. The summed E-state index contributed by atoms with van der Waals surface area (Å²) >= 11 is 0. The summed E-state index contributed by atoms with van der Waals surface area (Å²) in [5.74, 6) is 0. The van der Waals surface area contributed by atoms with Crippen LogP contribution in [0.25, 0.3) is 178 Å². The number of fused-ring (bicyclic) bond motifs is 12. The molecule has 12 aromatic carbocycles. The van der Waals surface area contributed by atoms with E-state index in [9.17, 15) is 0 Å². The summed E-state index contributed by atoms with van der Waals surface area (Å²) in [6.45, 7) is 28.3. The van der Waals surface area contributed by atoms with Gasteiger partial charge in [0.25, 0.3) is 0 Å². The van der Waals surface area contributed by atoms with Crippen molar-refractivity contribution in [3.8, 4) is 90.1 Å². The third-order valence-electron chi connectivity index (χ3n) is 23.4. The molecule has 0 N–H and O–H groups in total. The van der Waals surface area contributed by atoms with E-state index in [1.165, 1.54) is 36.9 Å². The van der Waals surface area contributed by atoms with Gasteiger partial charge in [-0.05, 0) is 117 Å². The maximum absolute atomic E-state index is 6.36. The second-order valence-electron chi connectivity index (χ2n) is 37.4. The van der Waals surface area contributed by atoms with Gasteiger partial charge in [0.05, 0.1) is 54.6 Å². The SMILES string of the molecule is C[Si](C)(C)c1ccc2c(c1)oc1c(-c3ccccn3)[c-]ccc12.C[Si](C)(C)c1ccc2oc3c(-c4ccccn4)[c-]ccc3c2c1.C[Si](C)(C)c1cccc2c1oc1c(-c3ccccn3)[c-]ccc12.C[Si](C)(C)c1cccc2oc3c(-c4ccccn4)[c-]ccc3c12.[Ir].[Ir].[Ir].[Ir].[c-]1ccccc1-c1ccccn1.[c-]1ccccc1-c1ccccn1.[c-]1ccccc1-c1ccccn1.[c-]1ccccc1-c1ccccn1. The van der Waals surface area contributed by atoms with Crippen LogP contribution < -0.4 is 20.7 Å². The summed E-state index contributed by atoms with van der Waals surface area (Å²) in [6, 6.07) is 146. The first-order valence-electron chi connectivity index (χ1n) is 46.7. The molecule has 0 amide bonds. The standard InChI is InChI=1S/4C20H18NOSi.4C11H8N.4Ir/c1-23(2,3)18-12-7-9-15-14-8-6-10-16(19(14)22-20(15)18)17-11-4-5-13-21-17;1-23(2,3)18-12-7-11-17-19(18)15-9-6-8-14(20(15)22-17)16-10-4-5-13-21-16;1-23(2,3)14-10-11-15-16-7-6-8-17(18-9-4-5-12-21-18)20(16)22-19(15)13-14;1-23(2,3)14-10-11-19-17(13-14)15-7-6-8-16(20(15)22-19)18-9-4-5-12-21-18;4*1-2-6-10(7-3-1)11-8-4-5-9-12-11;;;;/h4-9,11-13H,1-3H3;3*4-7,9-13H,1-3H3;4*1-6,8-9H;;;;/q8*-1;;;;. The average molecular weight is 2650 g/mol. The van der Waals surface area contributed by atoms with Crippen LogP contribution in [0.3, 0.4) is 0 Å². The molecular formula is C124H104Ir4N8O4Si4-8. The Balaban J connectivity index is 0.000000140. The van der Waals surface area contributed by atoms with Crippen LogP contribution in [0.4, 0.5) is 0 Å². The largest absolute Gasteiger partial charge is 0.501 e. The van der Waals surface area contributed by atoms with E-state index in [1.807, 2.05) is 267 Å². The van der Waals surface area contributed by atoms with Crippen molar-refractivity contribution in [2.24, 2.45) is 0 Å². The third kappa shape index (κ3) is 26.6. The van der Waals surface area contributed by atoms with Crippen molar-refractivity contribution in [2.45, 2.75) is 78.6 Å². The van der Waals surface area contributed by atoms with Crippen LogP contribution in [0.15, 0.2) is 431 Å². The summed E-state index contributed by atoms with van der Waals surface area (Å²) in [6.07, 6.45) is 14.4. The van der Waals surface area contributed by atoms with Crippen LogP contribution in [0.5, 0.6) is 0 Å². The Morgan fingerprint density at radius 2 is 0.479 bits per heavy atom. The van der Waals surface area contributed by atoms with Gasteiger partial charge in [0.2, 0.25) is 0 Å². The second-order valence-corrected chi connectivity index (χ2v) is 57.6. The third-order valence-corrected chi connectivity index (χ3v) is 31.5. The van der Waals surface area contributed by atoms with Gasteiger partial charge in [0, 0.05) is 152 Å². The molecule has 12 heterocycles. The van der Waals surface area contributed by atoms with Gasteiger partial charge in [0.15, 0.2) is 0 Å². The van der Waals surface area contributed by atoms with Crippen LogP contribution in [-0.2, 0) is 80.4 Å². The molecule has 0 aliphatic heterocycles. The Kier molecular flexibility index (Phi) is 37.5. The Morgan fingerprint density at radius 1 is 0.188 bits per heavy atom. The van der Waals surface area contributed by atoms with Gasteiger partial charge in [-0.15, -0.1) is 216 Å². The number of hydrogen-bond acceptors (Lipinski definition) is 12. The van der Waals surface area contributed by atoms with Crippen molar-refractivity contribution in [3.63, 3.8) is 0 Å². The molecule has 0 unspecified atom stereocenters. The van der Waals surface area contributed by atoms with E-state index < -0.39 is 32.3 Å². The Bertz CT molecular complexity index is 7620. The average Bonchev–Trinajstić information content (AvgIpc) is 1.62. The summed E-state index contributed by atoms with van der Waals surface area (Å²) in [5.41, 5.74) is 22.7. The van der Waals surface area contributed by atoms with Gasteiger partial charge in [-0.25, -0.2) is 0 Å². The molecule has 0 fully saturated rings. The van der Waals surface area contributed by atoms with Crippen molar-refractivity contribution in [1.82, 2.24) is 39.9 Å². The fourth-order valence-electron chi connectivity index (χ4n) is 16.3. The van der Waals surface area contributed by atoms with E-state index in [0.717, 1.165) is 162 Å². The fraction of sp³-hybridized carbons (Fsp3) is 0.0968. The van der Waals surface area contributed by atoms with Crippen LogP contribution in [0.1, 0.15) is 0 Å². The first-order valence-corrected chi connectivity index (χ1v) is 60.7. The van der Waals surface area contributed by atoms with E-state index in [4.69, 9.17) is 17.7 Å². The van der Waals surface area contributed by atoms with Gasteiger partial charge in [-0.2, -0.15) is 0 Å². The van der Waals surface area contributed by atoms with Gasteiger partial charge in [0.1, 0.15) is 22.3 Å². The topological polar surface area (TPSA) is 156 Å². The van der Waals surface area contributed by atoms with Crippen LogP contribution in [-0.4, -0.2) is 72.2 Å². The molecule has 0 aliphatic carbocycles. The zero-order valence-electron chi connectivity index (χ0n) is 81.8. The molecule has 144 heavy (non-hydrogen) atoms. The molecule has 0 saturated heterocycles. The molecule has 24 rings (SSSR count). The zero-order chi connectivity index (χ0) is 97.0. The molecule has 24 aromatic rings. The number of rotatable bonds is 12. The smallest absolute Gasteiger partial charge is 0.120 e. The van der Waals surface area contributed by atoms with E-state index in [1.54, 1.807) is 49.6 Å². The minimum atomic E-state index is -1.48. The maximum atomic E-state index is 6.36. The molecule has 0 saturated carbocycles. The van der Waals surface area contributed by atoms with Crippen molar-refractivity contribution in [1.29, 1.82) is 0 Å². The Labute approximate surface area is 901 Å². The Morgan fingerprint density at radius 3 is 0.826 bits per heavy atom. The Hall–Kier alpha value is -13.5. The van der Waals surface area contributed by atoms with Crippen molar-refractivity contribution < 1.29 is 98.1 Å². The second kappa shape index (κ2) is 50.1. The van der Waals surface area contributed by atoms with Crippen molar-refractivity contribution in [3.05, 3.63) is 462 Å². The molecule has 0 atom stereocenters. The monoisotopic (exact) mass is 2650 g/mol. The van der Waals surface area contributed by atoms with E-state index in [-0.39, 0.29) is 80.4 Å². The number of nitrogens with zero attached hydrogens (tertiary/aromatic N) is 8. The number of para-hydroxylation sites is 1. The van der Waals surface area contributed by atoms with Crippen molar-refractivity contribution in [2.75, 3.05) is 0 Å². The zero-order valence-corrected chi connectivity index (χ0v) is 95.4. The predicted molar refractivity (Wildman–Crippen MR) is 589 cm³/mol. The maximum Gasteiger partial charge on any atom is 0.120 e. The first kappa shape index (κ1) is 108. The molecule has 12 aromatic heterocycles. The number of hydrogen-bond donors (Lipinski definition) is 0. The predicted octanol–water partition coefficient (Wildman–Crippen LogP) is 30.2. The fourth-order valence-corrected chi connectivity index (χ4v) is 21.7. The summed E-state index contributed by atoms with van der Waals surface area (Å²) in [7, 11) is -5.65. The quantitative estimate of drug-likeness (QED) is 0.0844. The molecule has 0 bridgehead atoms. The van der Waals surface area contributed by atoms with E-state index >= 15 is 0 Å². The summed E-state index contributed by atoms with van der Waals surface area (Å²) < 4.78 is 25.0. The summed E-state index contributed by atoms with van der Waals surface area (Å²) in [4.78, 5) is 34.7. The van der Waals surface area contributed by atoms with Crippen molar-refractivity contribution >= 4 is 141 Å². The van der Waals surface area contributed by atoms with Gasteiger partial charge in [-0.1, -0.05) is 290 Å². The number of furan rings is 4. The molecule has 20 heteroatoms. The van der Waals surface area contributed by atoms with E-state index in [2.05, 4.69) is 264 Å². The van der Waals surface area contributed by atoms with Gasteiger partial charge >= 0.3 is 0 Å². The van der Waals surface area contributed by atoms with Gasteiger partial charge < -0.3 is 57.5 Å². The number of pyridine rings is 8. The van der Waals surface area contributed by atoms with E-state index in [0.29, 0.717) is 0 Å².